The molecule has 1 amide bonds. The molecule has 3 rings (SSSR count). The van der Waals surface area contributed by atoms with E-state index in [0.717, 1.165) is 16.7 Å². The average molecular weight is 376 g/mol. The fourth-order valence-corrected chi connectivity index (χ4v) is 3.24. The van der Waals surface area contributed by atoms with Crippen LogP contribution in [0.25, 0.3) is 0 Å². The Balaban J connectivity index is 2.07. The summed E-state index contributed by atoms with van der Waals surface area (Å²) in [6.07, 6.45) is 0.716. The van der Waals surface area contributed by atoms with E-state index >= 15 is 0 Å². The summed E-state index contributed by atoms with van der Waals surface area (Å²) >= 11 is 0. The van der Waals surface area contributed by atoms with E-state index in [1.165, 1.54) is 0 Å². The van der Waals surface area contributed by atoms with Gasteiger partial charge in [0.1, 0.15) is 11.5 Å². The first-order valence-corrected chi connectivity index (χ1v) is 9.25. The number of amides is 1. The minimum atomic E-state index is -0.224. The second-order valence-corrected chi connectivity index (χ2v) is 6.60. The van der Waals surface area contributed by atoms with Crippen molar-refractivity contribution in [1.82, 2.24) is 5.32 Å². The van der Waals surface area contributed by atoms with Gasteiger partial charge >= 0.3 is 0 Å². The molecule has 3 aromatic carbocycles. The Morgan fingerprint density at radius 1 is 0.857 bits per heavy atom. The molecule has 0 radical (unpaired) electrons. The number of carbonyl (C=O) groups excluding carboxylic acids is 1. The van der Waals surface area contributed by atoms with Gasteiger partial charge in [0, 0.05) is 18.0 Å². The molecule has 0 atom stereocenters. The highest BCUT2D eigenvalue weighted by molar-refractivity contribution is 5.96. The average Bonchev–Trinajstić information content (AvgIpc) is 2.71. The fourth-order valence-electron chi connectivity index (χ4n) is 3.24. The van der Waals surface area contributed by atoms with E-state index in [-0.39, 0.29) is 23.3 Å². The first kappa shape index (κ1) is 19.5. The largest absolute Gasteiger partial charge is 0.508 e. The Bertz CT molecular complexity index is 876. The summed E-state index contributed by atoms with van der Waals surface area (Å²) in [4.78, 5) is 12.8. The van der Waals surface area contributed by atoms with Gasteiger partial charge in [-0.15, -0.1) is 0 Å². The van der Waals surface area contributed by atoms with Crippen molar-refractivity contribution in [2.24, 2.45) is 5.73 Å². The number of benzene rings is 3. The quantitative estimate of drug-likeness (QED) is 0.376. The van der Waals surface area contributed by atoms with E-state index in [1.807, 2.05) is 42.5 Å². The van der Waals surface area contributed by atoms with Crippen LogP contribution in [0, 0.1) is 0 Å². The number of aromatic hydroxyl groups is 2. The van der Waals surface area contributed by atoms with Crippen molar-refractivity contribution >= 4 is 5.91 Å². The third kappa shape index (κ3) is 4.50. The minimum Gasteiger partial charge on any atom is -0.508 e. The Morgan fingerprint density at radius 2 is 1.39 bits per heavy atom. The van der Waals surface area contributed by atoms with Crippen LogP contribution in [0.5, 0.6) is 11.5 Å². The third-order valence-corrected chi connectivity index (χ3v) is 4.64. The third-order valence-electron chi connectivity index (χ3n) is 4.64. The van der Waals surface area contributed by atoms with E-state index in [0.29, 0.717) is 25.1 Å². The molecule has 0 saturated heterocycles. The lowest BCUT2D eigenvalue weighted by Crippen LogP contribution is -2.27. The summed E-state index contributed by atoms with van der Waals surface area (Å²) in [7, 11) is 0. The van der Waals surface area contributed by atoms with Gasteiger partial charge in [0.2, 0.25) is 0 Å². The summed E-state index contributed by atoms with van der Waals surface area (Å²) in [5, 5.41) is 22.3. The standard InChI is InChI=1S/C23H24N2O3/c24-14-3-15-25-23(28)21-5-2-1-4-20(21)22(16-6-10-18(26)11-7-16)17-8-12-19(27)13-9-17/h1-2,4-13,22,26-27H,3,14-15,24H2,(H,25,28). The summed E-state index contributed by atoms with van der Waals surface area (Å²) in [6, 6.07) is 21.4. The molecule has 0 unspecified atom stereocenters. The summed E-state index contributed by atoms with van der Waals surface area (Å²) < 4.78 is 0. The maximum Gasteiger partial charge on any atom is 0.251 e. The second-order valence-electron chi connectivity index (χ2n) is 6.60. The van der Waals surface area contributed by atoms with Gasteiger partial charge in [-0.2, -0.15) is 0 Å². The summed E-state index contributed by atoms with van der Waals surface area (Å²) in [5.41, 5.74) is 8.83. The fraction of sp³-hybridized carbons (Fsp3) is 0.174. The predicted octanol–water partition coefficient (Wildman–Crippen LogP) is 3.36. The van der Waals surface area contributed by atoms with Crippen molar-refractivity contribution in [2.75, 3.05) is 13.1 Å². The van der Waals surface area contributed by atoms with E-state index in [2.05, 4.69) is 5.32 Å². The molecule has 0 spiro atoms. The normalized spacial score (nSPS) is 10.8. The smallest absolute Gasteiger partial charge is 0.251 e. The number of hydrogen-bond donors (Lipinski definition) is 4. The molecule has 0 aromatic heterocycles. The first-order chi connectivity index (χ1) is 13.6. The van der Waals surface area contributed by atoms with Crippen LogP contribution in [0.3, 0.4) is 0 Å². The number of hydrogen-bond acceptors (Lipinski definition) is 4. The van der Waals surface area contributed by atoms with Crippen molar-refractivity contribution in [1.29, 1.82) is 0 Å². The maximum atomic E-state index is 12.8. The van der Waals surface area contributed by atoms with E-state index < -0.39 is 0 Å². The zero-order valence-corrected chi connectivity index (χ0v) is 15.5. The van der Waals surface area contributed by atoms with Crippen LogP contribution in [-0.2, 0) is 0 Å². The molecule has 5 nitrogen and oxygen atoms in total. The molecule has 144 valence electrons. The molecule has 0 aliphatic carbocycles. The molecule has 0 fully saturated rings. The molecule has 0 bridgehead atoms. The lowest BCUT2D eigenvalue weighted by Gasteiger charge is -2.22. The van der Waals surface area contributed by atoms with Crippen LogP contribution >= 0.6 is 0 Å². The molecular formula is C23H24N2O3. The Kier molecular flexibility index (Phi) is 6.29. The zero-order chi connectivity index (χ0) is 19.9. The Morgan fingerprint density at radius 3 is 1.93 bits per heavy atom. The SMILES string of the molecule is NCCCNC(=O)c1ccccc1C(c1ccc(O)cc1)c1ccc(O)cc1. The van der Waals surface area contributed by atoms with Crippen LogP contribution in [0.15, 0.2) is 72.8 Å². The second kappa shape index (κ2) is 9.06. The van der Waals surface area contributed by atoms with E-state index in [9.17, 15) is 15.0 Å². The minimum absolute atomic E-state index is 0.147. The highest BCUT2D eigenvalue weighted by atomic mass is 16.3. The van der Waals surface area contributed by atoms with Crippen LogP contribution in [-0.4, -0.2) is 29.2 Å². The molecule has 5 heteroatoms. The molecule has 0 saturated carbocycles. The van der Waals surface area contributed by atoms with Crippen LogP contribution < -0.4 is 11.1 Å². The molecule has 0 heterocycles. The first-order valence-electron chi connectivity index (χ1n) is 9.25. The maximum absolute atomic E-state index is 12.8. The van der Waals surface area contributed by atoms with Crippen molar-refractivity contribution < 1.29 is 15.0 Å². The van der Waals surface area contributed by atoms with Crippen LogP contribution in [0.1, 0.15) is 39.4 Å². The summed E-state index contributed by atoms with van der Waals surface area (Å²) in [5.74, 6) is -0.00805. The van der Waals surface area contributed by atoms with Gasteiger partial charge in [0.25, 0.3) is 5.91 Å². The molecule has 28 heavy (non-hydrogen) atoms. The van der Waals surface area contributed by atoms with Gasteiger partial charge in [-0.1, -0.05) is 42.5 Å². The highest BCUT2D eigenvalue weighted by Crippen LogP contribution is 2.35. The van der Waals surface area contributed by atoms with E-state index in [4.69, 9.17) is 5.73 Å². The van der Waals surface area contributed by atoms with Gasteiger partial charge in [-0.25, -0.2) is 0 Å². The Hall–Kier alpha value is -3.31. The number of phenolic OH excluding ortho intramolecular Hbond substituents is 2. The zero-order valence-electron chi connectivity index (χ0n) is 15.5. The van der Waals surface area contributed by atoms with E-state index in [1.54, 1.807) is 30.3 Å². The summed E-state index contributed by atoms with van der Waals surface area (Å²) in [6.45, 7) is 1.04. The van der Waals surface area contributed by atoms with Gasteiger partial charge in [-0.3, -0.25) is 4.79 Å². The lowest BCUT2D eigenvalue weighted by molar-refractivity contribution is 0.0952. The monoisotopic (exact) mass is 376 g/mol. The van der Waals surface area contributed by atoms with Crippen LogP contribution in [0.4, 0.5) is 0 Å². The molecule has 3 aromatic rings. The highest BCUT2D eigenvalue weighted by Gasteiger charge is 2.22. The molecule has 5 N–H and O–H groups in total. The van der Waals surface area contributed by atoms with Gasteiger partial charge in [0.05, 0.1) is 0 Å². The lowest BCUT2D eigenvalue weighted by atomic mass is 9.82. The van der Waals surface area contributed by atoms with Gasteiger partial charge in [0.15, 0.2) is 0 Å². The van der Waals surface area contributed by atoms with Gasteiger partial charge in [-0.05, 0) is 60.0 Å². The van der Waals surface area contributed by atoms with Crippen molar-refractivity contribution in [3.8, 4) is 11.5 Å². The van der Waals surface area contributed by atoms with Crippen molar-refractivity contribution in [3.05, 3.63) is 95.1 Å². The number of nitrogens with two attached hydrogens (primary N) is 1. The number of carbonyl (C=O) groups is 1. The molecular weight excluding hydrogens is 352 g/mol. The number of phenols is 2. The number of rotatable bonds is 7. The predicted molar refractivity (Wildman–Crippen MR) is 110 cm³/mol. The molecule has 0 aliphatic heterocycles. The van der Waals surface area contributed by atoms with Gasteiger partial charge < -0.3 is 21.3 Å². The number of nitrogens with one attached hydrogen (secondary N) is 1. The molecule has 0 aliphatic rings. The topological polar surface area (TPSA) is 95.6 Å². The van der Waals surface area contributed by atoms with Crippen LogP contribution in [0.2, 0.25) is 0 Å². The Labute approximate surface area is 164 Å². The van der Waals surface area contributed by atoms with Crippen molar-refractivity contribution in [2.45, 2.75) is 12.3 Å². The van der Waals surface area contributed by atoms with Crippen molar-refractivity contribution in [3.63, 3.8) is 0 Å².